The second-order valence-corrected chi connectivity index (χ2v) is 5.87. The lowest BCUT2D eigenvalue weighted by molar-refractivity contribution is 0.453. The van der Waals surface area contributed by atoms with Crippen LogP contribution in [0.5, 0.6) is 0 Å². The van der Waals surface area contributed by atoms with Crippen LogP contribution in [0.3, 0.4) is 0 Å². The molecule has 0 amide bonds. The number of hydrogen-bond acceptors (Lipinski definition) is 1. The number of rotatable bonds is 4. The molecule has 3 rings (SSSR count). The molecule has 104 valence electrons. The topological polar surface area (TPSA) is 22.8 Å². The molecule has 1 unspecified atom stereocenters. The van der Waals surface area contributed by atoms with Gasteiger partial charge in [-0.2, -0.15) is 0 Å². The van der Waals surface area contributed by atoms with E-state index >= 15 is 0 Å². The van der Waals surface area contributed by atoms with E-state index in [0.29, 0.717) is 12.0 Å². The summed E-state index contributed by atoms with van der Waals surface area (Å²) in [5.41, 5.74) is 2.67. The van der Waals surface area contributed by atoms with Crippen LogP contribution < -0.4 is 0 Å². The molecule has 1 atom stereocenters. The Morgan fingerprint density at radius 2 is 2.00 bits per heavy atom. The highest BCUT2D eigenvalue weighted by atomic mass is 15.1. The Kier molecular flexibility index (Phi) is 3.35. The van der Waals surface area contributed by atoms with Crippen molar-refractivity contribution in [1.29, 1.82) is 0 Å². The first-order valence-corrected chi connectivity index (χ1v) is 7.18. The standard InChI is InChI=1S/C17H21N3/c1-13(2)10-17(20-9-8-18-12-20)15-11-19(3)16-7-5-4-6-14(15)16/h4-9,11-13,17H,10H2,1-3H3. The molecule has 0 saturated heterocycles. The van der Waals surface area contributed by atoms with Crippen LogP contribution in [0.2, 0.25) is 0 Å². The van der Waals surface area contributed by atoms with Crippen molar-refractivity contribution in [2.24, 2.45) is 13.0 Å². The first-order valence-electron chi connectivity index (χ1n) is 7.18. The quantitative estimate of drug-likeness (QED) is 0.700. The van der Waals surface area contributed by atoms with Crippen molar-refractivity contribution in [3.63, 3.8) is 0 Å². The fourth-order valence-corrected chi connectivity index (χ4v) is 2.95. The molecule has 0 radical (unpaired) electrons. The summed E-state index contributed by atoms with van der Waals surface area (Å²) >= 11 is 0. The van der Waals surface area contributed by atoms with Gasteiger partial charge in [-0.3, -0.25) is 0 Å². The van der Waals surface area contributed by atoms with Gasteiger partial charge >= 0.3 is 0 Å². The Labute approximate surface area is 119 Å². The summed E-state index contributed by atoms with van der Waals surface area (Å²) in [6, 6.07) is 8.96. The van der Waals surface area contributed by atoms with Gasteiger partial charge < -0.3 is 9.13 Å². The zero-order chi connectivity index (χ0) is 14.1. The number of imidazole rings is 1. The van der Waals surface area contributed by atoms with Crippen molar-refractivity contribution in [3.05, 3.63) is 54.7 Å². The molecule has 1 aromatic carbocycles. The monoisotopic (exact) mass is 267 g/mol. The molecular weight excluding hydrogens is 246 g/mol. The Balaban J connectivity index is 2.14. The highest BCUT2D eigenvalue weighted by Gasteiger charge is 2.19. The molecule has 0 bridgehead atoms. The van der Waals surface area contributed by atoms with Crippen LogP contribution in [0.15, 0.2) is 49.2 Å². The normalized spacial score (nSPS) is 13.2. The summed E-state index contributed by atoms with van der Waals surface area (Å²) in [7, 11) is 2.12. The van der Waals surface area contributed by atoms with E-state index in [0.717, 1.165) is 6.42 Å². The Bertz CT molecular complexity index is 692. The molecule has 2 heterocycles. The largest absolute Gasteiger partial charge is 0.350 e. The van der Waals surface area contributed by atoms with Crippen molar-refractivity contribution < 1.29 is 0 Å². The smallest absolute Gasteiger partial charge is 0.0951 e. The van der Waals surface area contributed by atoms with E-state index in [1.165, 1.54) is 16.5 Å². The summed E-state index contributed by atoms with van der Waals surface area (Å²) in [4.78, 5) is 4.22. The van der Waals surface area contributed by atoms with Crippen LogP contribution in [0.4, 0.5) is 0 Å². The van der Waals surface area contributed by atoms with Crippen LogP contribution >= 0.6 is 0 Å². The molecule has 20 heavy (non-hydrogen) atoms. The Hall–Kier alpha value is -2.03. The lowest BCUT2D eigenvalue weighted by atomic mass is 9.96. The van der Waals surface area contributed by atoms with Gasteiger partial charge in [-0.05, 0) is 18.4 Å². The minimum absolute atomic E-state index is 0.351. The van der Waals surface area contributed by atoms with Gasteiger partial charge in [0, 0.05) is 42.1 Å². The van der Waals surface area contributed by atoms with Gasteiger partial charge in [0.25, 0.3) is 0 Å². The second-order valence-electron chi connectivity index (χ2n) is 5.87. The maximum Gasteiger partial charge on any atom is 0.0951 e. The molecule has 0 aliphatic carbocycles. The van der Waals surface area contributed by atoms with E-state index in [9.17, 15) is 0 Å². The minimum atomic E-state index is 0.351. The molecule has 0 N–H and O–H groups in total. The van der Waals surface area contributed by atoms with Crippen LogP contribution in [0, 0.1) is 5.92 Å². The second kappa shape index (κ2) is 5.16. The molecule has 3 heteroatoms. The van der Waals surface area contributed by atoms with Gasteiger partial charge in [0.05, 0.1) is 12.4 Å². The molecule has 0 saturated carbocycles. The predicted molar refractivity (Wildman–Crippen MR) is 82.7 cm³/mol. The predicted octanol–water partition coefficient (Wildman–Crippen LogP) is 4.01. The zero-order valence-corrected chi connectivity index (χ0v) is 12.3. The average Bonchev–Trinajstić information content (AvgIpc) is 3.05. The van der Waals surface area contributed by atoms with Gasteiger partial charge in [0.15, 0.2) is 0 Å². The van der Waals surface area contributed by atoms with Crippen molar-refractivity contribution >= 4 is 10.9 Å². The first kappa shape index (κ1) is 13.0. The SMILES string of the molecule is CC(C)CC(c1cn(C)c2ccccc12)n1ccnc1. The van der Waals surface area contributed by atoms with Crippen LogP contribution in [0.1, 0.15) is 31.9 Å². The van der Waals surface area contributed by atoms with Crippen LogP contribution in [0.25, 0.3) is 10.9 Å². The molecular formula is C17H21N3. The third-order valence-electron chi connectivity index (χ3n) is 3.87. The maximum absolute atomic E-state index is 4.22. The molecule has 3 nitrogen and oxygen atoms in total. The van der Waals surface area contributed by atoms with E-state index in [1.54, 1.807) is 0 Å². The summed E-state index contributed by atoms with van der Waals surface area (Å²) in [5.74, 6) is 0.640. The van der Waals surface area contributed by atoms with E-state index in [4.69, 9.17) is 0 Å². The molecule has 0 aliphatic rings. The van der Waals surface area contributed by atoms with Crippen molar-refractivity contribution in [2.75, 3.05) is 0 Å². The fraction of sp³-hybridized carbons (Fsp3) is 0.353. The number of aryl methyl sites for hydroxylation is 1. The highest BCUT2D eigenvalue weighted by molar-refractivity contribution is 5.84. The van der Waals surface area contributed by atoms with Crippen molar-refractivity contribution in [1.82, 2.24) is 14.1 Å². The number of aromatic nitrogens is 3. The van der Waals surface area contributed by atoms with Gasteiger partial charge in [-0.1, -0.05) is 32.0 Å². The van der Waals surface area contributed by atoms with E-state index in [1.807, 2.05) is 12.5 Å². The molecule has 0 aliphatic heterocycles. The molecule has 2 aromatic heterocycles. The number of para-hydroxylation sites is 1. The number of hydrogen-bond donors (Lipinski definition) is 0. The summed E-state index contributed by atoms with van der Waals surface area (Å²) in [6.45, 7) is 4.55. The summed E-state index contributed by atoms with van der Waals surface area (Å²) in [6.07, 6.45) is 9.23. The third-order valence-corrected chi connectivity index (χ3v) is 3.87. The number of fused-ring (bicyclic) bond motifs is 1. The molecule has 3 aromatic rings. The molecule has 0 spiro atoms. The number of benzene rings is 1. The van der Waals surface area contributed by atoms with Gasteiger partial charge in [-0.25, -0.2) is 4.98 Å². The van der Waals surface area contributed by atoms with Crippen LogP contribution in [-0.2, 0) is 7.05 Å². The minimum Gasteiger partial charge on any atom is -0.350 e. The lowest BCUT2D eigenvalue weighted by Crippen LogP contribution is -2.11. The van der Waals surface area contributed by atoms with Gasteiger partial charge in [0.1, 0.15) is 0 Å². The lowest BCUT2D eigenvalue weighted by Gasteiger charge is -2.20. The van der Waals surface area contributed by atoms with E-state index in [-0.39, 0.29) is 0 Å². The zero-order valence-electron chi connectivity index (χ0n) is 12.3. The van der Waals surface area contributed by atoms with Crippen molar-refractivity contribution in [3.8, 4) is 0 Å². The van der Waals surface area contributed by atoms with Gasteiger partial charge in [0.2, 0.25) is 0 Å². The maximum atomic E-state index is 4.22. The fourth-order valence-electron chi connectivity index (χ4n) is 2.95. The third kappa shape index (κ3) is 2.24. The Morgan fingerprint density at radius 1 is 1.20 bits per heavy atom. The highest BCUT2D eigenvalue weighted by Crippen LogP contribution is 2.32. The summed E-state index contributed by atoms with van der Waals surface area (Å²) in [5, 5.41) is 1.34. The average molecular weight is 267 g/mol. The van der Waals surface area contributed by atoms with Gasteiger partial charge in [-0.15, -0.1) is 0 Å². The number of nitrogens with zero attached hydrogens (tertiary/aromatic N) is 3. The van der Waals surface area contributed by atoms with Crippen molar-refractivity contribution in [2.45, 2.75) is 26.3 Å². The molecule has 0 fully saturated rings. The first-order chi connectivity index (χ1) is 9.66. The van der Waals surface area contributed by atoms with Crippen LogP contribution in [-0.4, -0.2) is 14.1 Å². The Morgan fingerprint density at radius 3 is 2.70 bits per heavy atom. The van der Waals surface area contributed by atoms with E-state index < -0.39 is 0 Å². The summed E-state index contributed by atoms with van der Waals surface area (Å²) < 4.78 is 4.44. The van der Waals surface area contributed by atoms with E-state index in [2.05, 4.69) is 71.7 Å².